The van der Waals surface area contributed by atoms with Gasteiger partial charge in [0.05, 0.1) is 26.4 Å². The number of aliphatic hydroxyl groups excluding tert-OH is 1. The number of hydrogen-bond acceptors (Lipinski definition) is 15. The topological polar surface area (TPSA) is 237 Å². The van der Waals surface area contributed by atoms with E-state index in [9.17, 15) is 43.2 Å². The molecule has 0 aromatic carbocycles. The van der Waals surface area contributed by atoms with Gasteiger partial charge in [-0.05, 0) is 31.6 Å². The standard InChI is InChI=1S/C58H112O17P2/c1-6-9-12-15-18-20-23-28-32-37-42-56(61)69-48-54(75-58(63)44-39-34-29-24-21-22-26-30-35-40-51(4)5)50-73-77(66,67)71-46-52(59)45-70-76(64,65)72-49-53(47-68-55(60)41-36-31-25-17-14-11-8-3)74-57(62)43-38-33-27-19-16-13-10-7-2/h51-54,59H,6-50H2,1-5H3,(H,64,65)(H,66,67)/t52-,53+,54+/m0/s1. The lowest BCUT2D eigenvalue weighted by Gasteiger charge is -2.21. The summed E-state index contributed by atoms with van der Waals surface area (Å²) in [5, 5.41) is 10.5. The molecule has 77 heavy (non-hydrogen) atoms. The number of carbonyl (C=O) groups excluding carboxylic acids is 4. The Morgan fingerprint density at radius 3 is 0.883 bits per heavy atom. The van der Waals surface area contributed by atoms with E-state index in [1.54, 1.807) is 0 Å². The molecule has 0 aliphatic carbocycles. The molecule has 0 aliphatic rings. The highest BCUT2D eigenvalue weighted by Gasteiger charge is 2.30. The zero-order chi connectivity index (χ0) is 57.1. The van der Waals surface area contributed by atoms with Crippen LogP contribution in [0.15, 0.2) is 0 Å². The number of unbranched alkanes of at least 4 members (excludes halogenated alkanes) is 30. The van der Waals surface area contributed by atoms with Crippen LogP contribution in [0.3, 0.4) is 0 Å². The highest BCUT2D eigenvalue weighted by Crippen LogP contribution is 2.45. The number of hydrogen-bond donors (Lipinski definition) is 3. The molecule has 0 saturated heterocycles. The first-order chi connectivity index (χ1) is 37.0. The molecule has 0 fully saturated rings. The highest BCUT2D eigenvalue weighted by atomic mass is 31.2. The minimum Gasteiger partial charge on any atom is -0.462 e. The van der Waals surface area contributed by atoms with Crippen LogP contribution in [0.2, 0.25) is 0 Å². The molecule has 5 atom stereocenters. The smallest absolute Gasteiger partial charge is 0.462 e. The predicted molar refractivity (Wildman–Crippen MR) is 303 cm³/mol. The zero-order valence-electron chi connectivity index (χ0n) is 49.1. The fourth-order valence-corrected chi connectivity index (χ4v) is 10.1. The Balaban J connectivity index is 5.20. The first-order valence-corrected chi connectivity index (χ1v) is 33.6. The van der Waals surface area contributed by atoms with E-state index < -0.39 is 97.5 Å². The van der Waals surface area contributed by atoms with Gasteiger partial charge in [0.25, 0.3) is 0 Å². The summed E-state index contributed by atoms with van der Waals surface area (Å²) in [6.45, 7) is 7.05. The fourth-order valence-electron chi connectivity index (χ4n) is 8.52. The van der Waals surface area contributed by atoms with Crippen LogP contribution in [-0.4, -0.2) is 96.7 Å². The Labute approximate surface area is 467 Å². The summed E-state index contributed by atoms with van der Waals surface area (Å²) in [4.78, 5) is 71.7. The SMILES string of the molecule is CCCCCCCCCCCCC(=O)OC[C@H](COP(=O)(O)OC[C@@H](O)COP(=O)(O)OC[C@@H](COC(=O)CCCCCCCCC)OC(=O)CCCCCCCCCC)OC(=O)CCCCCCCCCCCC(C)C. The number of carbonyl (C=O) groups is 4. The van der Waals surface area contributed by atoms with E-state index in [1.807, 2.05) is 0 Å². The van der Waals surface area contributed by atoms with Crippen molar-refractivity contribution in [3.8, 4) is 0 Å². The molecule has 456 valence electrons. The summed E-state index contributed by atoms with van der Waals surface area (Å²) in [7, 11) is -9.86. The normalized spacial score (nSPS) is 14.4. The number of ether oxygens (including phenoxy) is 4. The lowest BCUT2D eigenvalue weighted by atomic mass is 10.0. The zero-order valence-corrected chi connectivity index (χ0v) is 50.9. The Bertz CT molecular complexity index is 1520. The summed E-state index contributed by atoms with van der Waals surface area (Å²) in [6.07, 6.45) is 33.6. The lowest BCUT2D eigenvalue weighted by Crippen LogP contribution is -2.30. The average Bonchev–Trinajstić information content (AvgIpc) is 3.39. The van der Waals surface area contributed by atoms with Crippen LogP contribution < -0.4 is 0 Å². The van der Waals surface area contributed by atoms with Crippen molar-refractivity contribution in [3.05, 3.63) is 0 Å². The van der Waals surface area contributed by atoms with E-state index in [2.05, 4.69) is 34.6 Å². The summed E-state index contributed by atoms with van der Waals surface area (Å²) < 4.78 is 67.6. The van der Waals surface area contributed by atoms with Crippen LogP contribution in [0.5, 0.6) is 0 Å². The van der Waals surface area contributed by atoms with Crippen LogP contribution in [0.25, 0.3) is 0 Å². The van der Waals surface area contributed by atoms with Crippen LogP contribution >= 0.6 is 15.6 Å². The van der Waals surface area contributed by atoms with Crippen molar-refractivity contribution < 1.29 is 80.2 Å². The Hall–Kier alpha value is -1.94. The van der Waals surface area contributed by atoms with E-state index in [4.69, 9.17) is 37.0 Å². The molecule has 17 nitrogen and oxygen atoms in total. The average molecular weight is 1140 g/mol. The van der Waals surface area contributed by atoms with Gasteiger partial charge < -0.3 is 33.8 Å². The first-order valence-electron chi connectivity index (χ1n) is 30.6. The molecular formula is C58H112O17P2. The van der Waals surface area contributed by atoms with Gasteiger partial charge in [0.2, 0.25) is 0 Å². The minimum absolute atomic E-state index is 0.104. The molecule has 2 unspecified atom stereocenters. The molecule has 0 rings (SSSR count). The van der Waals surface area contributed by atoms with Gasteiger partial charge in [0.1, 0.15) is 19.3 Å². The van der Waals surface area contributed by atoms with E-state index in [0.717, 1.165) is 115 Å². The van der Waals surface area contributed by atoms with Crippen LogP contribution in [0.4, 0.5) is 0 Å². The molecule has 0 amide bonds. The number of phosphoric ester groups is 2. The maximum absolute atomic E-state index is 12.9. The molecule has 0 heterocycles. The maximum atomic E-state index is 12.9. The van der Waals surface area contributed by atoms with E-state index in [-0.39, 0.29) is 25.7 Å². The summed E-state index contributed by atoms with van der Waals surface area (Å²) in [5.41, 5.74) is 0. The van der Waals surface area contributed by atoms with E-state index in [1.165, 1.54) is 89.9 Å². The molecule has 3 N–H and O–H groups in total. The Morgan fingerprint density at radius 1 is 0.351 bits per heavy atom. The van der Waals surface area contributed by atoms with Crippen LogP contribution in [0.1, 0.15) is 285 Å². The second kappa shape index (κ2) is 52.2. The molecule has 0 aromatic rings. The van der Waals surface area contributed by atoms with Gasteiger partial charge in [-0.1, -0.05) is 234 Å². The quantitative estimate of drug-likeness (QED) is 0.0222. The van der Waals surface area contributed by atoms with E-state index in [0.29, 0.717) is 25.7 Å². The Kier molecular flexibility index (Phi) is 50.8. The molecule has 19 heteroatoms. The molecule has 0 saturated carbocycles. The molecular weight excluding hydrogens is 1030 g/mol. The van der Waals surface area contributed by atoms with Gasteiger partial charge in [-0.15, -0.1) is 0 Å². The molecule has 0 spiro atoms. The lowest BCUT2D eigenvalue weighted by molar-refractivity contribution is -0.161. The largest absolute Gasteiger partial charge is 0.472 e. The molecule has 0 bridgehead atoms. The molecule has 0 aromatic heterocycles. The second-order valence-electron chi connectivity index (χ2n) is 21.5. The molecule has 0 radical (unpaired) electrons. The number of esters is 4. The maximum Gasteiger partial charge on any atom is 0.472 e. The van der Waals surface area contributed by atoms with Gasteiger partial charge in [0, 0.05) is 25.7 Å². The highest BCUT2D eigenvalue weighted by molar-refractivity contribution is 7.47. The molecule has 0 aliphatic heterocycles. The third kappa shape index (κ3) is 53.2. The monoisotopic (exact) mass is 1140 g/mol. The third-order valence-corrected chi connectivity index (χ3v) is 15.2. The van der Waals surface area contributed by atoms with E-state index >= 15 is 0 Å². The van der Waals surface area contributed by atoms with Crippen LogP contribution in [0, 0.1) is 5.92 Å². The first kappa shape index (κ1) is 75.1. The third-order valence-electron chi connectivity index (χ3n) is 13.3. The van der Waals surface area contributed by atoms with Gasteiger partial charge in [-0.25, -0.2) is 9.13 Å². The predicted octanol–water partition coefficient (Wildman–Crippen LogP) is 15.5. The van der Waals surface area contributed by atoms with Gasteiger partial charge >= 0.3 is 39.5 Å². The minimum atomic E-state index is -4.94. The second-order valence-corrected chi connectivity index (χ2v) is 24.4. The summed E-state index contributed by atoms with van der Waals surface area (Å²) in [5.74, 6) is -1.41. The van der Waals surface area contributed by atoms with Crippen molar-refractivity contribution in [3.63, 3.8) is 0 Å². The Morgan fingerprint density at radius 2 is 0.597 bits per heavy atom. The van der Waals surface area contributed by atoms with Crippen molar-refractivity contribution >= 4 is 39.5 Å². The van der Waals surface area contributed by atoms with Crippen molar-refractivity contribution in [2.75, 3.05) is 39.6 Å². The van der Waals surface area contributed by atoms with Gasteiger partial charge in [0.15, 0.2) is 12.2 Å². The van der Waals surface area contributed by atoms with Crippen LogP contribution in [-0.2, 0) is 65.4 Å². The number of phosphoric acid groups is 2. The summed E-state index contributed by atoms with van der Waals surface area (Å²) in [6, 6.07) is 0. The van der Waals surface area contributed by atoms with Crippen molar-refractivity contribution in [2.45, 2.75) is 303 Å². The van der Waals surface area contributed by atoms with Crippen molar-refractivity contribution in [1.29, 1.82) is 0 Å². The van der Waals surface area contributed by atoms with Crippen molar-refractivity contribution in [1.82, 2.24) is 0 Å². The van der Waals surface area contributed by atoms with Gasteiger partial charge in [-0.3, -0.25) is 37.3 Å². The van der Waals surface area contributed by atoms with Crippen molar-refractivity contribution in [2.24, 2.45) is 5.92 Å². The van der Waals surface area contributed by atoms with Gasteiger partial charge in [-0.2, -0.15) is 0 Å². The number of rotatable bonds is 58. The fraction of sp³-hybridized carbons (Fsp3) is 0.931. The summed E-state index contributed by atoms with van der Waals surface area (Å²) >= 11 is 0. The number of aliphatic hydroxyl groups is 1.